The molecule has 1 aromatic carbocycles. The van der Waals surface area contributed by atoms with Gasteiger partial charge in [0, 0.05) is 17.8 Å². The summed E-state index contributed by atoms with van der Waals surface area (Å²) in [5, 5.41) is 7.38. The highest BCUT2D eigenvalue weighted by Gasteiger charge is 2.17. The van der Waals surface area contributed by atoms with E-state index in [-0.39, 0.29) is 24.1 Å². The number of ether oxygens (including phenoxy) is 1. The Morgan fingerprint density at radius 3 is 2.53 bits per heavy atom. The van der Waals surface area contributed by atoms with Crippen molar-refractivity contribution < 1.29 is 9.53 Å². The van der Waals surface area contributed by atoms with Gasteiger partial charge in [-0.2, -0.15) is 5.10 Å². The van der Waals surface area contributed by atoms with Crippen molar-refractivity contribution in [3.05, 3.63) is 63.0 Å². The van der Waals surface area contributed by atoms with E-state index in [1.54, 1.807) is 11.3 Å². The van der Waals surface area contributed by atoms with E-state index >= 15 is 0 Å². The average Bonchev–Trinajstić information content (AvgIpc) is 3.33. The van der Waals surface area contributed by atoms with Crippen LogP contribution in [0.25, 0.3) is 15.7 Å². The van der Waals surface area contributed by atoms with Crippen molar-refractivity contribution in [2.24, 2.45) is 0 Å². The highest BCUT2D eigenvalue weighted by atomic mass is 32.1. The fourth-order valence-electron chi connectivity index (χ4n) is 3.70. The molecule has 0 bridgehead atoms. The fraction of sp³-hybridized carbons (Fsp3) is 0.375. The van der Waals surface area contributed by atoms with Crippen LogP contribution in [0.3, 0.4) is 0 Å². The van der Waals surface area contributed by atoms with Gasteiger partial charge in [0.05, 0.1) is 16.3 Å². The van der Waals surface area contributed by atoms with Crippen LogP contribution in [0.1, 0.15) is 44.0 Å². The van der Waals surface area contributed by atoms with Gasteiger partial charge in [-0.25, -0.2) is 4.68 Å². The molecule has 0 fully saturated rings. The number of rotatable bonds is 8. The third kappa shape index (κ3) is 4.41. The molecular formula is C24H28N4O3S. The SMILES string of the molecule is CCc1cc2c(cc3c(=O)n(CC(=O)NCc4ccc(OC(C)C)cc4)nc(CC)n32)s1. The van der Waals surface area contributed by atoms with Gasteiger partial charge >= 0.3 is 0 Å². The summed E-state index contributed by atoms with van der Waals surface area (Å²) >= 11 is 1.70. The Kier molecular flexibility index (Phi) is 6.32. The molecule has 7 nitrogen and oxygen atoms in total. The number of fused-ring (bicyclic) bond motifs is 3. The quantitative estimate of drug-likeness (QED) is 0.439. The number of carbonyl (C=O) groups excluding carboxylic acids is 1. The van der Waals surface area contributed by atoms with Crippen LogP contribution in [0, 0.1) is 0 Å². The molecule has 3 aromatic heterocycles. The maximum absolute atomic E-state index is 13.0. The standard InChI is InChI=1S/C24H28N4O3S/c1-5-18-11-19-21(32-18)12-20-24(30)27(26-22(6-2)28(19)20)14-23(29)25-13-16-7-9-17(10-8-16)31-15(3)4/h7-12,15H,5-6,13-14H2,1-4H3,(H,25,29). The van der Waals surface area contributed by atoms with Crippen LogP contribution in [0.4, 0.5) is 0 Å². The summed E-state index contributed by atoms with van der Waals surface area (Å²) < 4.78 is 9.91. The molecule has 4 aromatic rings. The molecule has 0 unspecified atom stereocenters. The fourth-order valence-corrected chi connectivity index (χ4v) is 4.72. The van der Waals surface area contributed by atoms with E-state index in [4.69, 9.17) is 4.74 Å². The van der Waals surface area contributed by atoms with Gasteiger partial charge in [0.1, 0.15) is 23.6 Å². The minimum absolute atomic E-state index is 0.113. The number of aromatic nitrogens is 3. The predicted octanol–water partition coefficient (Wildman–Crippen LogP) is 3.94. The molecular weight excluding hydrogens is 424 g/mol. The number of thiophene rings is 1. The van der Waals surface area contributed by atoms with Crippen LogP contribution in [-0.4, -0.2) is 26.2 Å². The van der Waals surface area contributed by atoms with Crippen molar-refractivity contribution >= 4 is 33.0 Å². The lowest BCUT2D eigenvalue weighted by Gasteiger charge is -2.11. The highest BCUT2D eigenvalue weighted by Crippen LogP contribution is 2.29. The number of hydrogen-bond acceptors (Lipinski definition) is 5. The summed E-state index contributed by atoms with van der Waals surface area (Å²) in [6, 6.07) is 11.6. The van der Waals surface area contributed by atoms with E-state index in [1.807, 2.05) is 55.5 Å². The van der Waals surface area contributed by atoms with Crippen LogP contribution in [0.5, 0.6) is 5.75 Å². The van der Waals surface area contributed by atoms with Crippen molar-refractivity contribution in [1.82, 2.24) is 19.5 Å². The van der Waals surface area contributed by atoms with Crippen LogP contribution < -0.4 is 15.6 Å². The summed E-state index contributed by atoms with van der Waals surface area (Å²) in [7, 11) is 0. The van der Waals surface area contributed by atoms with Crippen LogP contribution in [-0.2, 0) is 30.7 Å². The molecule has 0 radical (unpaired) electrons. The van der Waals surface area contributed by atoms with Crippen molar-refractivity contribution in [1.29, 1.82) is 0 Å². The third-order valence-corrected chi connectivity index (χ3v) is 6.45. The van der Waals surface area contributed by atoms with E-state index in [0.717, 1.165) is 33.8 Å². The Bertz CT molecular complexity index is 1320. The van der Waals surface area contributed by atoms with Gasteiger partial charge in [0.2, 0.25) is 5.91 Å². The van der Waals surface area contributed by atoms with Gasteiger partial charge in [-0.15, -0.1) is 11.3 Å². The van der Waals surface area contributed by atoms with Gasteiger partial charge in [-0.3, -0.25) is 14.0 Å². The lowest BCUT2D eigenvalue weighted by Crippen LogP contribution is -2.35. The summed E-state index contributed by atoms with van der Waals surface area (Å²) in [6.07, 6.45) is 1.73. The Labute approximate surface area is 190 Å². The summed E-state index contributed by atoms with van der Waals surface area (Å²) in [4.78, 5) is 26.9. The Morgan fingerprint density at radius 2 is 1.88 bits per heavy atom. The normalized spacial score (nSPS) is 11.5. The Hall–Kier alpha value is -3.13. The molecule has 0 saturated heterocycles. The van der Waals surface area contributed by atoms with Crippen LogP contribution in [0.2, 0.25) is 0 Å². The van der Waals surface area contributed by atoms with E-state index in [0.29, 0.717) is 18.5 Å². The topological polar surface area (TPSA) is 77.6 Å². The van der Waals surface area contributed by atoms with Gasteiger partial charge in [-0.05, 0) is 50.1 Å². The van der Waals surface area contributed by atoms with E-state index in [1.165, 1.54) is 9.56 Å². The zero-order chi connectivity index (χ0) is 22.8. The molecule has 3 heterocycles. The molecule has 4 rings (SSSR count). The first kappa shape index (κ1) is 22.1. The zero-order valence-electron chi connectivity index (χ0n) is 18.8. The highest BCUT2D eigenvalue weighted by molar-refractivity contribution is 7.19. The van der Waals surface area contributed by atoms with E-state index < -0.39 is 0 Å². The number of amides is 1. The van der Waals surface area contributed by atoms with E-state index in [9.17, 15) is 9.59 Å². The Morgan fingerprint density at radius 1 is 1.12 bits per heavy atom. The molecule has 1 N–H and O–H groups in total. The van der Waals surface area contributed by atoms with Gasteiger partial charge in [0.15, 0.2) is 0 Å². The maximum atomic E-state index is 13.0. The minimum Gasteiger partial charge on any atom is -0.491 e. The smallest absolute Gasteiger partial charge is 0.291 e. The lowest BCUT2D eigenvalue weighted by atomic mass is 10.2. The van der Waals surface area contributed by atoms with Crippen LogP contribution >= 0.6 is 11.3 Å². The van der Waals surface area contributed by atoms with Gasteiger partial charge in [-0.1, -0.05) is 26.0 Å². The minimum atomic E-state index is -0.256. The van der Waals surface area contributed by atoms with Crippen LogP contribution in [0.15, 0.2) is 41.2 Å². The second-order valence-electron chi connectivity index (χ2n) is 8.00. The van der Waals surface area contributed by atoms with Crippen molar-refractivity contribution in [2.75, 3.05) is 0 Å². The molecule has 0 aliphatic heterocycles. The average molecular weight is 453 g/mol. The zero-order valence-corrected chi connectivity index (χ0v) is 19.7. The first-order chi connectivity index (χ1) is 15.4. The molecule has 0 spiro atoms. The molecule has 0 atom stereocenters. The predicted molar refractivity (Wildman–Crippen MR) is 128 cm³/mol. The molecule has 0 aliphatic rings. The summed E-state index contributed by atoms with van der Waals surface area (Å²) in [5.74, 6) is 1.31. The Balaban J connectivity index is 1.51. The summed E-state index contributed by atoms with van der Waals surface area (Å²) in [6.45, 7) is 8.34. The summed E-state index contributed by atoms with van der Waals surface area (Å²) in [5.41, 5.74) is 2.28. The van der Waals surface area contributed by atoms with Gasteiger partial charge in [0.25, 0.3) is 5.56 Å². The van der Waals surface area contributed by atoms with Crippen molar-refractivity contribution in [3.63, 3.8) is 0 Å². The molecule has 1 amide bonds. The van der Waals surface area contributed by atoms with Gasteiger partial charge < -0.3 is 10.1 Å². The maximum Gasteiger partial charge on any atom is 0.291 e. The third-order valence-electron chi connectivity index (χ3n) is 5.23. The molecule has 0 saturated carbocycles. The molecule has 8 heteroatoms. The van der Waals surface area contributed by atoms with Crippen molar-refractivity contribution in [2.45, 2.75) is 59.7 Å². The number of aryl methyl sites for hydroxylation is 2. The number of hydrogen-bond donors (Lipinski definition) is 1. The second-order valence-corrected chi connectivity index (χ2v) is 9.17. The first-order valence-electron chi connectivity index (χ1n) is 11.0. The number of benzene rings is 1. The van der Waals surface area contributed by atoms with E-state index in [2.05, 4.69) is 23.4 Å². The number of nitrogens with zero attached hydrogens (tertiary/aromatic N) is 3. The van der Waals surface area contributed by atoms with Crippen molar-refractivity contribution in [3.8, 4) is 5.75 Å². The lowest BCUT2D eigenvalue weighted by molar-refractivity contribution is -0.122. The molecule has 168 valence electrons. The monoisotopic (exact) mass is 452 g/mol. The second kappa shape index (κ2) is 9.16. The largest absolute Gasteiger partial charge is 0.491 e. The number of nitrogens with one attached hydrogen (secondary N) is 1. The first-order valence-corrected chi connectivity index (χ1v) is 11.8. The molecule has 0 aliphatic carbocycles. The number of carbonyl (C=O) groups is 1. The molecule has 32 heavy (non-hydrogen) atoms.